The predicted octanol–water partition coefficient (Wildman–Crippen LogP) is 3.07. The lowest BCUT2D eigenvalue weighted by molar-refractivity contribution is -0.118. The second kappa shape index (κ2) is 7.44. The molecule has 22 heavy (non-hydrogen) atoms. The second-order valence-corrected chi connectivity index (χ2v) is 6.67. The van der Waals surface area contributed by atoms with Gasteiger partial charge in [-0.15, -0.1) is 0 Å². The normalized spacial score (nSPS) is 18.2. The molecule has 1 aliphatic heterocycles. The van der Waals surface area contributed by atoms with Crippen molar-refractivity contribution >= 4 is 23.2 Å². The molecule has 0 aliphatic carbocycles. The summed E-state index contributed by atoms with van der Waals surface area (Å²) < 4.78 is 0. The number of rotatable bonds is 5. The highest BCUT2D eigenvalue weighted by Crippen LogP contribution is 2.34. The first-order valence-electron chi connectivity index (χ1n) is 7.88. The average molecular weight is 325 g/mol. The molecule has 1 aromatic carbocycles. The number of anilines is 1. The molecule has 0 saturated carbocycles. The summed E-state index contributed by atoms with van der Waals surface area (Å²) in [6.45, 7) is 6.36. The van der Waals surface area contributed by atoms with Crippen LogP contribution in [0.1, 0.15) is 31.7 Å². The Labute approximate surface area is 137 Å². The molecule has 0 aromatic heterocycles. The molecule has 1 aliphatic rings. The average Bonchev–Trinajstić information content (AvgIpc) is 2.52. The van der Waals surface area contributed by atoms with Gasteiger partial charge in [0, 0.05) is 6.61 Å². The monoisotopic (exact) mass is 324 g/mol. The molecule has 5 heteroatoms. The van der Waals surface area contributed by atoms with Crippen molar-refractivity contribution in [2.45, 2.75) is 33.1 Å². The summed E-state index contributed by atoms with van der Waals surface area (Å²) in [5.41, 5.74) is 1.71. The Morgan fingerprint density at radius 1 is 1.41 bits per heavy atom. The number of nitrogens with one attached hydrogen (secondary N) is 1. The lowest BCUT2D eigenvalue weighted by atomic mass is 9.77. The summed E-state index contributed by atoms with van der Waals surface area (Å²) in [4.78, 5) is 14.4. The van der Waals surface area contributed by atoms with Crippen molar-refractivity contribution in [2.24, 2.45) is 5.41 Å². The van der Waals surface area contributed by atoms with Gasteiger partial charge in [0.25, 0.3) is 0 Å². The van der Waals surface area contributed by atoms with Crippen molar-refractivity contribution in [1.29, 1.82) is 0 Å². The molecule has 1 fully saturated rings. The van der Waals surface area contributed by atoms with Crippen LogP contribution >= 0.6 is 11.6 Å². The summed E-state index contributed by atoms with van der Waals surface area (Å²) in [5.74, 6) is -0.0378. The van der Waals surface area contributed by atoms with Gasteiger partial charge in [0.2, 0.25) is 5.91 Å². The van der Waals surface area contributed by atoms with Crippen molar-refractivity contribution in [1.82, 2.24) is 4.90 Å². The van der Waals surface area contributed by atoms with E-state index in [0.717, 1.165) is 37.9 Å². The minimum atomic E-state index is -0.0378. The van der Waals surface area contributed by atoms with Crippen LogP contribution in [0, 0.1) is 12.3 Å². The molecule has 0 spiro atoms. The number of aryl methyl sites for hydroxylation is 1. The van der Waals surface area contributed by atoms with E-state index < -0.39 is 0 Å². The standard InChI is InChI=1S/C17H25ClN2O2/c1-3-17(12-21)7-9-20(10-8-17)11-15(22)19-16-13(2)5-4-6-14(16)18/h4-6,21H,3,7-12H2,1-2H3,(H,19,22). The Morgan fingerprint density at radius 3 is 2.64 bits per heavy atom. The molecule has 4 nitrogen and oxygen atoms in total. The van der Waals surface area contributed by atoms with Crippen LogP contribution in [0.4, 0.5) is 5.69 Å². The van der Waals surface area contributed by atoms with Crippen molar-refractivity contribution in [3.63, 3.8) is 0 Å². The fourth-order valence-corrected chi connectivity index (χ4v) is 3.25. The Hall–Kier alpha value is -1.10. The zero-order chi connectivity index (χ0) is 16.2. The fourth-order valence-electron chi connectivity index (χ4n) is 2.98. The molecule has 2 rings (SSSR count). The third-order valence-electron chi connectivity index (χ3n) is 4.86. The maximum atomic E-state index is 12.2. The molecule has 0 radical (unpaired) electrons. The molecule has 1 amide bonds. The Morgan fingerprint density at radius 2 is 2.09 bits per heavy atom. The number of nitrogens with zero attached hydrogens (tertiary/aromatic N) is 1. The number of benzene rings is 1. The van der Waals surface area contributed by atoms with Crippen molar-refractivity contribution in [2.75, 3.05) is 31.6 Å². The second-order valence-electron chi connectivity index (χ2n) is 6.27. The van der Waals surface area contributed by atoms with Gasteiger partial charge < -0.3 is 10.4 Å². The highest BCUT2D eigenvalue weighted by molar-refractivity contribution is 6.33. The Balaban J connectivity index is 1.89. The van der Waals surface area contributed by atoms with Gasteiger partial charge >= 0.3 is 0 Å². The van der Waals surface area contributed by atoms with Crippen LogP contribution in [0.3, 0.4) is 0 Å². The summed E-state index contributed by atoms with van der Waals surface area (Å²) in [7, 11) is 0. The van der Waals surface area contributed by atoms with Gasteiger partial charge in [0.15, 0.2) is 0 Å². The molecule has 1 saturated heterocycles. The smallest absolute Gasteiger partial charge is 0.238 e. The number of amides is 1. The SMILES string of the molecule is CCC1(CO)CCN(CC(=O)Nc2c(C)cccc2Cl)CC1. The van der Waals surface area contributed by atoms with Crippen molar-refractivity contribution in [3.05, 3.63) is 28.8 Å². The maximum Gasteiger partial charge on any atom is 0.238 e. The van der Waals surface area contributed by atoms with Gasteiger partial charge in [-0.3, -0.25) is 9.69 Å². The Kier molecular flexibility index (Phi) is 5.84. The van der Waals surface area contributed by atoms with E-state index in [2.05, 4.69) is 17.1 Å². The molecule has 122 valence electrons. The quantitative estimate of drug-likeness (QED) is 0.875. The van der Waals surface area contributed by atoms with E-state index in [9.17, 15) is 9.90 Å². The van der Waals surface area contributed by atoms with Crippen LogP contribution < -0.4 is 5.32 Å². The zero-order valence-corrected chi connectivity index (χ0v) is 14.1. The topological polar surface area (TPSA) is 52.6 Å². The first-order chi connectivity index (χ1) is 10.5. The molecule has 1 heterocycles. The highest BCUT2D eigenvalue weighted by atomic mass is 35.5. The van der Waals surface area contributed by atoms with Crippen LogP contribution in [-0.2, 0) is 4.79 Å². The van der Waals surface area contributed by atoms with Gasteiger partial charge in [0.1, 0.15) is 0 Å². The molecule has 1 aromatic rings. The number of aliphatic hydroxyl groups excluding tert-OH is 1. The molecule has 2 N–H and O–H groups in total. The molecule has 0 unspecified atom stereocenters. The molecular formula is C17H25ClN2O2. The van der Waals surface area contributed by atoms with Crippen LogP contribution in [0.5, 0.6) is 0 Å². The zero-order valence-electron chi connectivity index (χ0n) is 13.4. The minimum Gasteiger partial charge on any atom is -0.396 e. The van der Waals surface area contributed by atoms with E-state index in [-0.39, 0.29) is 17.9 Å². The van der Waals surface area contributed by atoms with Crippen LogP contribution in [-0.4, -0.2) is 42.2 Å². The fraction of sp³-hybridized carbons (Fsp3) is 0.588. The summed E-state index contributed by atoms with van der Waals surface area (Å²) in [5, 5.41) is 13.0. The number of para-hydroxylation sites is 1. The van der Waals surface area contributed by atoms with E-state index in [1.807, 2.05) is 19.1 Å². The van der Waals surface area contributed by atoms with E-state index in [1.165, 1.54) is 0 Å². The predicted molar refractivity (Wildman–Crippen MR) is 90.3 cm³/mol. The number of aliphatic hydroxyl groups is 1. The van der Waals surface area contributed by atoms with E-state index in [0.29, 0.717) is 17.3 Å². The summed E-state index contributed by atoms with van der Waals surface area (Å²) in [6.07, 6.45) is 2.87. The lowest BCUT2D eigenvalue weighted by Gasteiger charge is -2.39. The van der Waals surface area contributed by atoms with Crippen LogP contribution in [0.2, 0.25) is 5.02 Å². The third kappa shape index (κ3) is 4.00. The number of halogens is 1. The van der Waals surface area contributed by atoms with E-state index in [4.69, 9.17) is 11.6 Å². The first-order valence-corrected chi connectivity index (χ1v) is 8.25. The van der Waals surface area contributed by atoms with Crippen LogP contribution in [0.25, 0.3) is 0 Å². The minimum absolute atomic E-state index is 0.0378. The molecule has 0 bridgehead atoms. The van der Waals surface area contributed by atoms with E-state index >= 15 is 0 Å². The third-order valence-corrected chi connectivity index (χ3v) is 5.17. The maximum absolute atomic E-state index is 12.2. The van der Waals surface area contributed by atoms with Gasteiger partial charge in [-0.2, -0.15) is 0 Å². The van der Waals surface area contributed by atoms with Gasteiger partial charge in [0.05, 0.1) is 17.3 Å². The first kappa shape index (κ1) is 17.3. The van der Waals surface area contributed by atoms with Crippen molar-refractivity contribution in [3.8, 4) is 0 Å². The number of hydrogen-bond donors (Lipinski definition) is 2. The highest BCUT2D eigenvalue weighted by Gasteiger charge is 2.32. The lowest BCUT2D eigenvalue weighted by Crippen LogP contribution is -2.44. The summed E-state index contributed by atoms with van der Waals surface area (Å²) >= 11 is 6.14. The number of piperidine rings is 1. The molecular weight excluding hydrogens is 300 g/mol. The molecule has 0 atom stereocenters. The number of likely N-dealkylation sites (tertiary alicyclic amines) is 1. The van der Waals surface area contributed by atoms with Crippen LogP contribution in [0.15, 0.2) is 18.2 Å². The van der Waals surface area contributed by atoms with Gasteiger partial charge in [-0.25, -0.2) is 0 Å². The van der Waals surface area contributed by atoms with Gasteiger partial charge in [-0.1, -0.05) is 30.7 Å². The van der Waals surface area contributed by atoms with E-state index in [1.54, 1.807) is 6.07 Å². The Bertz CT molecular complexity index is 499. The number of hydrogen-bond acceptors (Lipinski definition) is 3. The van der Waals surface area contributed by atoms with Crippen molar-refractivity contribution < 1.29 is 9.90 Å². The van der Waals surface area contributed by atoms with Gasteiger partial charge in [-0.05, 0) is 56.3 Å². The summed E-state index contributed by atoms with van der Waals surface area (Å²) in [6, 6.07) is 5.58. The largest absolute Gasteiger partial charge is 0.396 e. The number of carbonyl (C=O) groups is 1. The number of carbonyl (C=O) groups excluding carboxylic acids is 1.